The second-order valence-electron chi connectivity index (χ2n) is 6.90. The summed E-state index contributed by atoms with van der Waals surface area (Å²) in [7, 11) is 0. The molecule has 4 heteroatoms. The van der Waals surface area contributed by atoms with Crippen molar-refractivity contribution in [2.75, 3.05) is 13.2 Å². The van der Waals surface area contributed by atoms with Crippen molar-refractivity contribution in [1.29, 1.82) is 0 Å². The molecule has 139 valence electrons. The molecule has 0 aromatic heterocycles. The van der Waals surface area contributed by atoms with Gasteiger partial charge in [-0.15, -0.1) is 0 Å². The molecule has 0 unspecified atom stereocenters. The van der Waals surface area contributed by atoms with Gasteiger partial charge < -0.3 is 9.47 Å². The van der Waals surface area contributed by atoms with Gasteiger partial charge >= 0.3 is 0 Å². The average Bonchev–Trinajstić information content (AvgIpc) is 2.68. The minimum absolute atomic E-state index is 0.398. The van der Waals surface area contributed by atoms with E-state index >= 15 is 0 Å². The van der Waals surface area contributed by atoms with Crippen molar-refractivity contribution in [2.45, 2.75) is 45.1 Å². The number of rotatable bonds is 7. The number of benzene rings is 2. The number of halogens is 2. The zero-order chi connectivity index (χ0) is 18.4. The van der Waals surface area contributed by atoms with Crippen LogP contribution in [0.4, 0.5) is 8.78 Å². The second kappa shape index (κ2) is 9.13. The van der Waals surface area contributed by atoms with Gasteiger partial charge in [0.25, 0.3) is 0 Å². The summed E-state index contributed by atoms with van der Waals surface area (Å²) in [5.74, 6) is -0.528. The maximum absolute atomic E-state index is 13.4. The molecule has 0 saturated heterocycles. The van der Waals surface area contributed by atoms with Gasteiger partial charge in [-0.05, 0) is 73.4 Å². The van der Waals surface area contributed by atoms with Crippen LogP contribution in [0.3, 0.4) is 0 Å². The zero-order valence-electron chi connectivity index (χ0n) is 15.1. The van der Waals surface area contributed by atoms with Gasteiger partial charge in [0, 0.05) is 12.7 Å². The van der Waals surface area contributed by atoms with Gasteiger partial charge in [-0.2, -0.15) is 0 Å². The highest BCUT2D eigenvalue weighted by Crippen LogP contribution is 2.29. The molecule has 0 aliphatic heterocycles. The van der Waals surface area contributed by atoms with E-state index in [1.54, 1.807) is 12.1 Å². The van der Waals surface area contributed by atoms with Gasteiger partial charge in [-0.25, -0.2) is 8.78 Å². The summed E-state index contributed by atoms with van der Waals surface area (Å²) in [5, 5.41) is 0. The number of hydrogen-bond donors (Lipinski definition) is 0. The van der Waals surface area contributed by atoms with Gasteiger partial charge in [-0.3, -0.25) is 0 Å². The molecular weight excluding hydrogens is 334 g/mol. The van der Waals surface area contributed by atoms with Crippen LogP contribution in [0.5, 0.6) is 5.75 Å². The largest absolute Gasteiger partial charge is 0.493 e. The molecule has 1 aliphatic carbocycles. The first-order chi connectivity index (χ1) is 12.7. The maximum atomic E-state index is 13.4. The predicted octanol–water partition coefficient (Wildman–Crippen LogP) is 5.80. The topological polar surface area (TPSA) is 18.5 Å². The lowest BCUT2D eigenvalue weighted by atomic mass is 9.88. The molecule has 1 fully saturated rings. The summed E-state index contributed by atoms with van der Waals surface area (Å²) < 4.78 is 38.3. The van der Waals surface area contributed by atoms with Crippen LogP contribution in [0.1, 0.15) is 39.0 Å². The molecule has 0 N–H and O–H groups in total. The minimum atomic E-state index is -0.847. The molecular formula is C22H25F2O2. The second-order valence-corrected chi connectivity index (χ2v) is 6.90. The SMILES string of the molecule is CCCO[C@H]1CC[C@H](COc2[c]ccc(-c3ccc(F)c(F)c3)c2)CC1. The summed E-state index contributed by atoms with van der Waals surface area (Å²) in [4.78, 5) is 0. The van der Waals surface area contributed by atoms with E-state index < -0.39 is 11.6 Å². The van der Waals surface area contributed by atoms with E-state index in [0.29, 0.717) is 29.9 Å². The highest BCUT2D eigenvalue weighted by atomic mass is 19.2. The predicted molar refractivity (Wildman–Crippen MR) is 98.1 cm³/mol. The summed E-state index contributed by atoms with van der Waals surface area (Å²) in [6.45, 7) is 3.63. The minimum Gasteiger partial charge on any atom is -0.493 e. The fraction of sp³-hybridized carbons (Fsp3) is 0.455. The van der Waals surface area contributed by atoms with E-state index in [4.69, 9.17) is 9.47 Å². The molecule has 0 bridgehead atoms. The van der Waals surface area contributed by atoms with Crippen molar-refractivity contribution in [3.63, 3.8) is 0 Å². The van der Waals surface area contributed by atoms with Gasteiger partial charge in [0.2, 0.25) is 0 Å². The Balaban J connectivity index is 1.54. The van der Waals surface area contributed by atoms with Crippen LogP contribution in [-0.4, -0.2) is 19.3 Å². The van der Waals surface area contributed by atoms with Crippen molar-refractivity contribution >= 4 is 0 Å². The van der Waals surface area contributed by atoms with Crippen LogP contribution in [0, 0.1) is 23.6 Å². The lowest BCUT2D eigenvalue weighted by Gasteiger charge is -2.28. The molecule has 0 spiro atoms. The first-order valence-corrected chi connectivity index (χ1v) is 9.37. The lowest BCUT2D eigenvalue weighted by Crippen LogP contribution is -2.25. The molecule has 2 aromatic rings. The van der Waals surface area contributed by atoms with E-state index in [2.05, 4.69) is 13.0 Å². The molecule has 1 saturated carbocycles. The summed E-state index contributed by atoms with van der Waals surface area (Å²) >= 11 is 0. The van der Waals surface area contributed by atoms with Crippen molar-refractivity contribution in [3.8, 4) is 16.9 Å². The van der Waals surface area contributed by atoms with Crippen LogP contribution in [0.15, 0.2) is 36.4 Å². The van der Waals surface area contributed by atoms with Crippen LogP contribution in [0.25, 0.3) is 11.1 Å². The molecule has 0 atom stereocenters. The fourth-order valence-electron chi connectivity index (χ4n) is 3.34. The van der Waals surface area contributed by atoms with Gasteiger partial charge in [0.1, 0.15) is 5.75 Å². The third-order valence-corrected chi connectivity index (χ3v) is 4.85. The Hall–Kier alpha value is -1.94. The lowest BCUT2D eigenvalue weighted by molar-refractivity contribution is 0.0132. The number of ether oxygens (including phenoxy) is 2. The number of hydrogen-bond acceptors (Lipinski definition) is 2. The molecule has 26 heavy (non-hydrogen) atoms. The van der Waals surface area contributed by atoms with Gasteiger partial charge in [0.05, 0.1) is 12.7 Å². The highest BCUT2D eigenvalue weighted by molar-refractivity contribution is 5.64. The standard InChI is InChI=1S/C22H25F2O2/c1-2-12-25-19-9-6-16(7-10-19)15-26-20-5-3-4-17(13-20)18-8-11-21(23)22(24)14-18/h3-4,8,11,13-14,16,19H,2,6-7,9-10,12,15H2,1H3/t16-,19-. The maximum Gasteiger partial charge on any atom is 0.159 e. The Morgan fingerprint density at radius 1 is 1.00 bits per heavy atom. The Morgan fingerprint density at radius 3 is 2.50 bits per heavy atom. The Morgan fingerprint density at radius 2 is 1.77 bits per heavy atom. The van der Waals surface area contributed by atoms with E-state index in [1.807, 2.05) is 12.1 Å². The normalized spacial score (nSPS) is 20.1. The molecule has 2 nitrogen and oxygen atoms in total. The van der Waals surface area contributed by atoms with E-state index in [-0.39, 0.29) is 0 Å². The van der Waals surface area contributed by atoms with Crippen molar-refractivity contribution in [2.24, 2.45) is 5.92 Å². The molecule has 2 aromatic carbocycles. The summed E-state index contributed by atoms with van der Waals surface area (Å²) in [5.41, 5.74) is 1.41. The summed E-state index contributed by atoms with van der Waals surface area (Å²) in [6.07, 6.45) is 5.86. The molecule has 3 rings (SSSR count). The van der Waals surface area contributed by atoms with Gasteiger partial charge in [0.15, 0.2) is 11.6 Å². The smallest absolute Gasteiger partial charge is 0.159 e. The fourth-order valence-corrected chi connectivity index (χ4v) is 3.34. The Labute approximate surface area is 154 Å². The average molecular weight is 359 g/mol. The third kappa shape index (κ3) is 5.04. The Bertz CT molecular complexity index is 709. The molecule has 0 heterocycles. The van der Waals surface area contributed by atoms with Gasteiger partial charge in [-0.1, -0.05) is 19.1 Å². The molecule has 1 aliphatic rings. The summed E-state index contributed by atoms with van der Waals surface area (Å²) in [6, 6.07) is 12.4. The van der Waals surface area contributed by atoms with Crippen LogP contribution in [0.2, 0.25) is 0 Å². The van der Waals surface area contributed by atoms with Crippen LogP contribution < -0.4 is 4.74 Å². The first kappa shape index (κ1) is 18.8. The molecule has 0 amide bonds. The van der Waals surface area contributed by atoms with E-state index in [0.717, 1.165) is 50.3 Å². The van der Waals surface area contributed by atoms with E-state index in [9.17, 15) is 8.78 Å². The monoisotopic (exact) mass is 359 g/mol. The quantitative estimate of drug-likeness (QED) is 0.622. The van der Waals surface area contributed by atoms with Crippen molar-refractivity contribution in [1.82, 2.24) is 0 Å². The third-order valence-electron chi connectivity index (χ3n) is 4.85. The molecule has 1 radical (unpaired) electrons. The van der Waals surface area contributed by atoms with E-state index in [1.165, 1.54) is 6.07 Å². The Kier molecular flexibility index (Phi) is 6.62. The van der Waals surface area contributed by atoms with Crippen molar-refractivity contribution in [3.05, 3.63) is 54.1 Å². The van der Waals surface area contributed by atoms with Crippen LogP contribution >= 0.6 is 0 Å². The zero-order valence-corrected chi connectivity index (χ0v) is 15.1. The first-order valence-electron chi connectivity index (χ1n) is 9.37. The highest BCUT2D eigenvalue weighted by Gasteiger charge is 2.22. The van der Waals surface area contributed by atoms with Crippen molar-refractivity contribution < 1.29 is 18.3 Å². The van der Waals surface area contributed by atoms with Crippen LogP contribution in [-0.2, 0) is 4.74 Å².